The summed E-state index contributed by atoms with van der Waals surface area (Å²) >= 11 is 1.81. The van der Waals surface area contributed by atoms with Crippen molar-refractivity contribution in [1.29, 1.82) is 0 Å². The Morgan fingerprint density at radius 3 is 2.88 bits per heavy atom. The molecule has 1 aliphatic rings. The summed E-state index contributed by atoms with van der Waals surface area (Å²) in [5, 5.41) is 9.61. The summed E-state index contributed by atoms with van der Waals surface area (Å²) in [6.45, 7) is 5.06. The second-order valence-corrected chi connectivity index (χ2v) is 5.68. The van der Waals surface area contributed by atoms with Gasteiger partial charge in [0.2, 0.25) is 0 Å². The first-order valence-corrected chi connectivity index (χ1v) is 7.45. The molecule has 1 fully saturated rings. The highest BCUT2D eigenvalue weighted by Gasteiger charge is 2.26. The lowest BCUT2D eigenvalue weighted by Crippen LogP contribution is -2.24. The van der Waals surface area contributed by atoms with E-state index >= 15 is 0 Å². The molecule has 1 aliphatic heterocycles. The summed E-state index contributed by atoms with van der Waals surface area (Å²) in [7, 11) is 0. The van der Waals surface area contributed by atoms with Gasteiger partial charge in [-0.05, 0) is 43.7 Å². The second-order valence-electron chi connectivity index (χ2n) is 4.84. The first-order valence-electron chi connectivity index (χ1n) is 6.23. The van der Waals surface area contributed by atoms with Crippen LogP contribution in [-0.2, 0) is 6.54 Å². The van der Waals surface area contributed by atoms with Gasteiger partial charge in [-0.2, -0.15) is 0 Å². The summed E-state index contributed by atoms with van der Waals surface area (Å²) in [5.41, 5.74) is 1.41. The quantitative estimate of drug-likeness (QED) is 0.832. The Balaban J connectivity index is 1.98. The SMILES string of the molecule is CSc1ccccc1CN1CCC(C(C)O)C1. The van der Waals surface area contributed by atoms with Crippen LogP contribution in [0.1, 0.15) is 18.9 Å². The first-order chi connectivity index (χ1) is 8.20. The van der Waals surface area contributed by atoms with Crippen LogP contribution in [0.2, 0.25) is 0 Å². The number of aliphatic hydroxyl groups is 1. The van der Waals surface area contributed by atoms with E-state index in [-0.39, 0.29) is 6.10 Å². The van der Waals surface area contributed by atoms with Crippen LogP contribution in [0.4, 0.5) is 0 Å². The number of hydrogen-bond donors (Lipinski definition) is 1. The Morgan fingerprint density at radius 2 is 2.24 bits per heavy atom. The Morgan fingerprint density at radius 1 is 1.47 bits per heavy atom. The Bertz CT molecular complexity index is 367. The molecule has 3 heteroatoms. The smallest absolute Gasteiger partial charge is 0.0552 e. The molecule has 0 radical (unpaired) electrons. The van der Waals surface area contributed by atoms with Crippen LogP contribution in [0, 0.1) is 5.92 Å². The maximum atomic E-state index is 9.61. The number of rotatable bonds is 4. The van der Waals surface area contributed by atoms with Gasteiger partial charge in [0.15, 0.2) is 0 Å². The van der Waals surface area contributed by atoms with Crippen molar-refractivity contribution in [2.24, 2.45) is 5.92 Å². The van der Waals surface area contributed by atoms with Gasteiger partial charge in [-0.3, -0.25) is 4.90 Å². The van der Waals surface area contributed by atoms with Gasteiger partial charge in [0, 0.05) is 18.0 Å². The molecular formula is C14H21NOS. The van der Waals surface area contributed by atoms with Gasteiger partial charge in [-0.15, -0.1) is 11.8 Å². The fraction of sp³-hybridized carbons (Fsp3) is 0.571. The molecule has 0 aromatic heterocycles. The van der Waals surface area contributed by atoms with E-state index in [9.17, 15) is 5.11 Å². The van der Waals surface area contributed by atoms with E-state index in [1.165, 1.54) is 10.5 Å². The number of aliphatic hydroxyl groups excluding tert-OH is 1. The molecule has 2 atom stereocenters. The summed E-state index contributed by atoms with van der Waals surface area (Å²) < 4.78 is 0. The summed E-state index contributed by atoms with van der Waals surface area (Å²) in [4.78, 5) is 3.82. The maximum absolute atomic E-state index is 9.61. The molecule has 1 aromatic rings. The number of thioether (sulfide) groups is 1. The fourth-order valence-corrected chi connectivity index (χ4v) is 3.08. The average molecular weight is 251 g/mol. The predicted molar refractivity (Wildman–Crippen MR) is 73.3 cm³/mol. The van der Waals surface area contributed by atoms with Crippen molar-refractivity contribution in [2.45, 2.75) is 30.9 Å². The second kappa shape index (κ2) is 5.89. The zero-order valence-corrected chi connectivity index (χ0v) is 11.4. The first kappa shape index (κ1) is 12.9. The van der Waals surface area contributed by atoms with Crippen LogP contribution >= 0.6 is 11.8 Å². The Labute approximate surface area is 108 Å². The molecule has 0 saturated carbocycles. The summed E-state index contributed by atoms with van der Waals surface area (Å²) in [6, 6.07) is 8.60. The summed E-state index contributed by atoms with van der Waals surface area (Å²) in [6.07, 6.45) is 3.08. The van der Waals surface area contributed by atoms with Crippen molar-refractivity contribution in [3.63, 3.8) is 0 Å². The molecule has 1 N–H and O–H groups in total. The van der Waals surface area contributed by atoms with Crippen LogP contribution in [0.3, 0.4) is 0 Å². The van der Waals surface area contributed by atoms with Gasteiger partial charge in [-0.25, -0.2) is 0 Å². The molecule has 2 rings (SSSR count). The Kier molecular flexibility index (Phi) is 4.48. The topological polar surface area (TPSA) is 23.5 Å². The molecule has 1 saturated heterocycles. The molecule has 17 heavy (non-hydrogen) atoms. The minimum absolute atomic E-state index is 0.171. The van der Waals surface area contributed by atoms with Gasteiger partial charge < -0.3 is 5.11 Å². The molecule has 0 aliphatic carbocycles. The zero-order valence-electron chi connectivity index (χ0n) is 10.6. The molecule has 0 bridgehead atoms. The van der Waals surface area contributed by atoms with Crippen LogP contribution in [-0.4, -0.2) is 35.5 Å². The standard InChI is InChI=1S/C14H21NOS/c1-11(16)12-7-8-15(9-12)10-13-5-3-4-6-14(13)17-2/h3-6,11-12,16H,7-10H2,1-2H3. The van der Waals surface area contributed by atoms with Crippen molar-refractivity contribution in [3.05, 3.63) is 29.8 Å². The highest BCUT2D eigenvalue weighted by atomic mass is 32.2. The molecule has 1 aromatic carbocycles. The van der Waals surface area contributed by atoms with Crippen molar-refractivity contribution in [1.82, 2.24) is 4.90 Å². The van der Waals surface area contributed by atoms with E-state index in [2.05, 4.69) is 35.4 Å². The van der Waals surface area contributed by atoms with E-state index in [1.807, 2.05) is 18.7 Å². The Hall–Kier alpha value is -0.510. The van der Waals surface area contributed by atoms with E-state index in [0.717, 1.165) is 26.1 Å². The monoisotopic (exact) mass is 251 g/mol. The van der Waals surface area contributed by atoms with Crippen LogP contribution in [0.5, 0.6) is 0 Å². The molecular weight excluding hydrogens is 230 g/mol. The fourth-order valence-electron chi connectivity index (χ4n) is 2.47. The summed E-state index contributed by atoms with van der Waals surface area (Å²) in [5.74, 6) is 0.455. The van der Waals surface area contributed by atoms with Crippen LogP contribution < -0.4 is 0 Å². The number of nitrogens with zero attached hydrogens (tertiary/aromatic N) is 1. The van der Waals surface area contributed by atoms with Crippen molar-refractivity contribution in [2.75, 3.05) is 19.3 Å². The van der Waals surface area contributed by atoms with Crippen LogP contribution in [0.25, 0.3) is 0 Å². The highest BCUT2D eigenvalue weighted by Crippen LogP contribution is 2.25. The third kappa shape index (κ3) is 3.24. The van der Waals surface area contributed by atoms with Crippen LogP contribution in [0.15, 0.2) is 29.2 Å². The molecule has 2 nitrogen and oxygen atoms in total. The largest absolute Gasteiger partial charge is 0.393 e. The van der Waals surface area contributed by atoms with Crippen molar-refractivity contribution in [3.8, 4) is 0 Å². The van der Waals surface area contributed by atoms with Gasteiger partial charge >= 0.3 is 0 Å². The highest BCUT2D eigenvalue weighted by molar-refractivity contribution is 7.98. The lowest BCUT2D eigenvalue weighted by Gasteiger charge is -2.18. The molecule has 2 unspecified atom stereocenters. The zero-order chi connectivity index (χ0) is 12.3. The molecule has 0 spiro atoms. The molecule has 94 valence electrons. The third-order valence-corrected chi connectivity index (χ3v) is 4.42. The normalized spacial score (nSPS) is 22.9. The number of likely N-dealkylation sites (tertiary alicyclic amines) is 1. The minimum Gasteiger partial charge on any atom is -0.393 e. The lowest BCUT2D eigenvalue weighted by atomic mass is 10.0. The van der Waals surface area contributed by atoms with E-state index < -0.39 is 0 Å². The van der Waals surface area contributed by atoms with Gasteiger partial charge in [0.05, 0.1) is 6.10 Å². The number of hydrogen-bond acceptors (Lipinski definition) is 3. The van der Waals surface area contributed by atoms with Crippen molar-refractivity contribution < 1.29 is 5.11 Å². The number of benzene rings is 1. The molecule has 1 heterocycles. The average Bonchev–Trinajstić information content (AvgIpc) is 2.78. The maximum Gasteiger partial charge on any atom is 0.0552 e. The molecule has 0 amide bonds. The third-order valence-electron chi connectivity index (χ3n) is 3.58. The van der Waals surface area contributed by atoms with E-state index in [4.69, 9.17) is 0 Å². The van der Waals surface area contributed by atoms with Gasteiger partial charge in [0.25, 0.3) is 0 Å². The van der Waals surface area contributed by atoms with Crippen molar-refractivity contribution >= 4 is 11.8 Å². The van der Waals surface area contributed by atoms with Gasteiger partial charge in [0.1, 0.15) is 0 Å². The van der Waals surface area contributed by atoms with E-state index in [1.54, 1.807) is 0 Å². The lowest BCUT2D eigenvalue weighted by molar-refractivity contribution is 0.127. The van der Waals surface area contributed by atoms with E-state index in [0.29, 0.717) is 5.92 Å². The predicted octanol–water partition coefficient (Wildman–Crippen LogP) is 2.61. The minimum atomic E-state index is -0.171. The van der Waals surface area contributed by atoms with Gasteiger partial charge in [-0.1, -0.05) is 18.2 Å².